The number of piperazine rings is 1. The Hall–Kier alpha value is -3.22. The lowest BCUT2D eigenvalue weighted by Gasteiger charge is -2.42. The van der Waals surface area contributed by atoms with Gasteiger partial charge in [0.15, 0.2) is 11.5 Å². The molecule has 0 aromatic heterocycles. The third-order valence-electron chi connectivity index (χ3n) is 7.34. The number of methoxy groups -OCH3 is 3. The van der Waals surface area contributed by atoms with Gasteiger partial charge in [-0.2, -0.15) is 0 Å². The van der Waals surface area contributed by atoms with Crippen molar-refractivity contribution in [3.05, 3.63) is 42.0 Å². The Morgan fingerprint density at radius 1 is 0.784 bits per heavy atom. The molecule has 2 amide bonds. The predicted octanol–water partition coefficient (Wildman–Crippen LogP) is 5.34. The van der Waals surface area contributed by atoms with Gasteiger partial charge in [-0.3, -0.25) is 9.59 Å². The van der Waals surface area contributed by atoms with E-state index in [1.54, 1.807) is 38.2 Å². The van der Waals surface area contributed by atoms with E-state index in [1.807, 2.05) is 43.3 Å². The molecule has 0 aliphatic carbocycles. The highest BCUT2D eigenvalue weighted by atomic mass is 16.5. The monoisotopic (exact) mass is 510 g/mol. The molecule has 2 atom stereocenters. The first kappa shape index (κ1) is 28.4. The summed E-state index contributed by atoms with van der Waals surface area (Å²) in [5, 5.41) is 0. The van der Waals surface area contributed by atoms with Crippen LogP contribution in [0, 0.1) is 0 Å². The number of hydrogen-bond donors (Lipinski definition) is 0. The van der Waals surface area contributed by atoms with Crippen molar-refractivity contribution in [2.45, 2.75) is 70.9 Å². The Balaban J connectivity index is 1.72. The van der Waals surface area contributed by atoms with E-state index in [-0.39, 0.29) is 11.8 Å². The quantitative estimate of drug-likeness (QED) is 0.340. The highest BCUT2D eigenvalue weighted by Crippen LogP contribution is 2.41. The number of unbranched alkanes of at least 4 members (excludes halogenated alkanes) is 5. The lowest BCUT2D eigenvalue weighted by atomic mass is 9.96. The van der Waals surface area contributed by atoms with E-state index in [2.05, 4.69) is 6.92 Å². The number of likely N-dealkylation sites (N-methyl/N-ethyl adjacent to an activating group) is 1. The minimum absolute atomic E-state index is 0.00428. The summed E-state index contributed by atoms with van der Waals surface area (Å²) in [5.41, 5.74) is 2.92. The SMILES string of the molecule is CCCCCCCCN1C(=O)[C@@H](Cc2ccc(-c3cc(OC)c(OC)c(OC)c3)cc2)N(C)C(=O)[C@H]1C. The second-order valence-electron chi connectivity index (χ2n) is 9.76. The van der Waals surface area contributed by atoms with Crippen molar-refractivity contribution in [1.29, 1.82) is 0 Å². The zero-order chi connectivity index (χ0) is 26.9. The van der Waals surface area contributed by atoms with Gasteiger partial charge in [0.1, 0.15) is 12.1 Å². The fraction of sp³-hybridized carbons (Fsp3) is 0.533. The summed E-state index contributed by atoms with van der Waals surface area (Å²) in [6, 6.07) is 11.0. The molecule has 0 N–H and O–H groups in total. The van der Waals surface area contributed by atoms with Crippen LogP contribution < -0.4 is 14.2 Å². The van der Waals surface area contributed by atoms with Crippen molar-refractivity contribution in [1.82, 2.24) is 9.80 Å². The summed E-state index contributed by atoms with van der Waals surface area (Å²) in [6.07, 6.45) is 7.39. The first-order chi connectivity index (χ1) is 17.9. The second kappa shape index (κ2) is 13.4. The smallest absolute Gasteiger partial charge is 0.246 e. The van der Waals surface area contributed by atoms with Gasteiger partial charge in [0.25, 0.3) is 0 Å². The van der Waals surface area contributed by atoms with Crippen molar-refractivity contribution >= 4 is 11.8 Å². The maximum absolute atomic E-state index is 13.4. The largest absolute Gasteiger partial charge is 0.493 e. The van der Waals surface area contributed by atoms with Gasteiger partial charge in [-0.25, -0.2) is 0 Å². The van der Waals surface area contributed by atoms with Crippen molar-refractivity contribution in [3.8, 4) is 28.4 Å². The molecule has 1 aliphatic heterocycles. The van der Waals surface area contributed by atoms with Crippen molar-refractivity contribution in [3.63, 3.8) is 0 Å². The molecule has 1 aliphatic rings. The third-order valence-corrected chi connectivity index (χ3v) is 7.34. The van der Waals surface area contributed by atoms with Gasteiger partial charge in [-0.05, 0) is 42.2 Å². The molecule has 7 nitrogen and oxygen atoms in total. The van der Waals surface area contributed by atoms with E-state index in [0.717, 1.165) is 29.5 Å². The zero-order valence-corrected chi connectivity index (χ0v) is 23.2. The Kier molecular flexibility index (Phi) is 10.2. The van der Waals surface area contributed by atoms with E-state index >= 15 is 0 Å². The molecule has 1 fully saturated rings. The molecule has 0 saturated carbocycles. The number of carbonyl (C=O) groups is 2. The molecule has 2 aromatic rings. The Morgan fingerprint density at radius 3 is 1.95 bits per heavy atom. The molecule has 37 heavy (non-hydrogen) atoms. The number of benzene rings is 2. The van der Waals surface area contributed by atoms with Crippen LogP contribution in [0.1, 0.15) is 57.9 Å². The van der Waals surface area contributed by atoms with Crippen LogP contribution in [0.2, 0.25) is 0 Å². The highest BCUT2D eigenvalue weighted by Gasteiger charge is 2.41. The lowest BCUT2D eigenvalue weighted by molar-refractivity contribution is -0.159. The number of ether oxygens (including phenoxy) is 3. The maximum Gasteiger partial charge on any atom is 0.246 e. The molecule has 0 bridgehead atoms. The normalized spacial score (nSPS) is 17.8. The second-order valence-corrected chi connectivity index (χ2v) is 9.76. The van der Waals surface area contributed by atoms with Crippen molar-refractivity contribution < 1.29 is 23.8 Å². The topological polar surface area (TPSA) is 68.3 Å². The van der Waals surface area contributed by atoms with Crippen LogP contribution in [0.25, 0.3) is 11.1 Å². The average Bonchev–Trinajstić information content (AvgIpc) is 2.92. The molecule has 0 radical (unpaired) electrons. The molecule has 7 heteroatoms. The van der Waals surface area contributed by atoms with Gasteiger partial charge >= 0.3 is 0 Å². The summed E-state index contributed by atoms with van der Waals surface area (Å²) < 4.78 is 16.4. The Bertz CT molecular complexity index is 1030. The Labute approximate surface area is 221 Å². The summed E-state index contributed by atoms with van der Waals surface area (Å²) in [5.74, 6) is 1.77. The number of rotatable bonds is 13. The zero-order valence-electron chi connectivity index (χ0n) is 23.2. The van der Waals surface area contributed by atoms with Crippen molar-refractivity contribution in [2.75, 3.05) is 34.9 Å². The van der Waals surface area contributed by atoms with Crippen molar-refractivity contribution in [2.24, 2.45) is 0 Å². The van der Waals surface area contributed by atoms with Gasteiger partial charge in [0, 0.05) is 20.0 Å². The van der Waals surface area contributed by atoms with Crippen LogP contribution in [0.3, 0.4) is 0 Å². The lowest BCUT2D eigenvalue weighted by Crippen LogP contribution is -2.63. The maximum atomic E-state index is 13.4. The summed E-state index contributed by atoms with van der Waals surface area (Å²) >= 11 is 0. The molecular formula is C30H42N2O5. The van der Waals surface area contributed by atoms with E-state index in [4.69, 9.17) is 14.2 Å². The molecule has 2 aromatic carbocycles. The van der Waals surface area contributed by atoms with Gasteiger partial charge in [0.2, 0.25) is 17.6 Å². The van der Waals surface area contributed by atoms with Gasteiger partial charge in [-0.15, -0.1) is 0 Å². The molecule has 1 heterocycles. The van der Waals surface area contributed by atoms with Gasteiger partial charge in [-0.1, -0.05) is 63.3 Å². The average molecular weight is 511 g/mol. The first-order valence-electron chi connectivity index (χ1n) is 13.3. The van der Waals surface area contributed by atoms with E-state index in [1.165, 1.54) is 25.7 Å². The van der Waals surface area contributed by atoms with Crippen LogP contribution >= 0.6 is 0 Å². The first-order valence-corrected chi connectivity index (χ1v) is 13.3. The number of amides is 2. The van der Waals surface area contributed by atoms with Crippen LogP contribution in [-0.4, -0.2) is 68.6 Å². The van der Waals surface area contributed by atoms with Gasteiger partial charge in [0.05, 0.1) is 21.3 Å². The number of nitrogens with zero attached hydrogens (tertiary/aromatic N) is 2. The Morgan fingerprint density at radius 2 is 1.38 bits per heavy atom. The van der Waals surface area contributed by atoms with E-state index in [0.29, 0.717) is 30.2 Å². The summed E-state index contributed by atoms with van der Waals surface area (Å²) in [4.78, 5) is 29.8. The van der Waals surface area contributed by atoms with Gasteiger partial charge < -0.3 is 24.0 Å². The predicted molar refractivity (Wildman–Crippen MR) is 146 cm³/mol. The highest BCUT2D eigenvalue weighted by molar-refractivity contribution is 5.96. The van der Waals surface area contributed by atoms with Crippen LogP contribution in [0.15, 0.2) is 36.4 Å². The standard InChI is InChI=1S/C30H42N2O5/c1-7-8-9-10-11-12-17-32-21(2)29(33)31(3)25(30(32)34)18-22-13-15-23(16-14-22)24-19-26(35-4)28(37-6)27(20-24)36-5/h13-16,19-21,25H,7-12,17-18H2,1-6H3/t21-,25-/m1/s1. The van der Waals surface area contributed by atoms with Crippen LogP contribution in [-0.2, 0) is 16.0 Å². The molecular weight excluding hydrogens is 468 g/mol. The molecule has 3 rings (SSSR count). The fourth-order valence-electron chi connectivity index (χ4n) is 5.02. The molecule has 1 saturated heterocycles. The fourth-order valence-corrected chi connectivity index (χ4v) is 5.02. The number of carbonyl (C=O) groups excluding carboxylic acids is 2. The molecule has 0 spiro atoms. The van der Waals surface area contributed by atoms with E-state index < -0.39 is 12.1 Å². The summed E-state index contributed by atoms with van der Waals surface area (Å²) in [7, 11) is 6.52. The van der Waals surface area contributed by atoms with Crippen LogP contribution in [0.5, 0.6) is 17.2 Å². The summed E-state index contributed by atoms with van der Waals surface area (Å²) in [6.45, 7) is 4.69. The number of hydrogen-bond acceptors (Lipinski definition) is 5. The minimum atomic E-state index is -0.490. The molecule has 0 unspecified atom stereocenters. The van der Waals surface area contributed by atoms with Crippen LogP contribution in [0.4, 0.5) is 0 Å². The third kappa shape index (κ3) is 6.56. The molecule has 202 valence electrons. The van der Waals surface area contributed by atoms with E-state index in [9.17, 15) is 9.59 Å². The minimum Gasteiger partial charge on any atom is -0.493 e.